The molecule has 1 aliphatic carbocycles. The molecule has 1 aromatic rings. The van der Waals surface area contributed by atoms with Crippen LogP contribution in [0.2, 0.25) is 0 Å². The second-order valence-corrected chi connectivity index (χ2v) is 5.20. The Morgan fingerprint density at radius 1 is 1.28 bits per heavy atom. The molecule has 100 valence electrons. The molecule has 0 bridgehead atoms. The van der Waals surface area contributed by atoms with Gasteiger partial charge < -0.3 is 5.32 Å². The van der Waals surface area contributed by atoms with Crippen molar-refractivity contribution >= 4 is 0 Å². The first-order valence-corrected chi connectivity index (χ1v) is 6.88. The van der Waals surface area contributed by atoms with E-state index in [9.17, 15) is 8.78 Å². The molecular formula is C15H21F2N. The fourth-order valence-corrected chi connectivity index (χ4v) is 2.50. The van der Waals surface area contributed by atoms with E-state index in [1.807, 2.05) is 0 Å². The molecule has 0 amide bonds. The third kappa shape index (κ3) is 3.29. The molecule has 3 heteroatoms. The minimum absolute atomic E-state index is 0.406. The Balaban J connectivity index is 1.99. The molecule has 0 spiro atoms. The largest absolute Gasteiger partial charge is 0.313 e. The summed E-state index contributed by atoms with van der Waals surface area (Å²) < 4.78 is 26.1. The van der Waals surface area contributed by atoms with Crippen molar-refractivity contribution in [2.24, 2.45) is 5.92 Å². The van der Waals surface area contributed by atoms with Gasteiger partial charge in [0.1, 0.15) is 0 Å². The lowest BCUT2D eigenvalue weighted by Gasteiger charge is -2.34. The summed E-state index contributed by atoms with van der Waals surface area (Å²) >= 11 is 0. The number of rotatable bonds is 6. The van der Waals surface area contributed by atoms with Crippen molar-refractivity contribution in [1.82, 2.24) is 5.32 Å². The van der Waals surface area contributed by atoms with Gasteiger partial charge >= 0.3 is 0 Å². The Hall–Kier alpha value is -0.960. The molecule has 0 saturated heterocycles. The number of benzene rings is 1. The van der Waals surface area contributed by atoms with Crippen molar-refractivity contribution in [3.8, 4) is 0 Å². The number of halogens is 2. The second kappa shape index (κ2) is 6.28. The predicted octanol–water partition coefficient (Wildman–Crippen LogP) is 3.68. The van der Waals surface area contributed by atoms with Crippen LogP contribution in [0.3, 0.4) is 0 Å². The topological polar surface area (TPSA) is 12.0 Å². The Morgan fingerprint density at radius 2 is 2.06 bits per heavy atom. The predicted molar refractivity (Wildman–Crippen MR) is 69.5 cm³/mol. The highest BCUT2D eigenvalue weighted by Gasteiger charge is 2.26. The van der Waals surface area contributed by atoms with Crippen molar-refractivity contribution < 1.29 is 8.78 Å². The normalized spacial score (nSPS) is 17.5. The molecule has 1 saturated carbocycles. The van der Waals surface area contributed by atoms with Gasteiger partial charge in [0.15, 0.2) is 11.6 Å². The average molecular weight is 253 g/mol. The molecule has 2 rings (SSSR count). The smallest absolute Gasteiger partial charge is 0.159 e. The van der Waals surface area contributed by atoms with Gasteiger partial charge in [-0.1, -0.05) is 19.4 Å². The van der Waals surface area contributed by atoms with Gasteiger partial charge in [0, 0.05) is 6.04 Å². The lowest BCUT2D eigenvalue weighted by atomic mass is 9.77. The highest BCUT2D eigenvalue weighted by molar-refractivity contribution is 5.19. The van der Waals surface area contributed by atoms with Gasteiger partial charge in [0.2, 0.25) is 0 Å². The monoisotopic (exact) mass is 253 g/mol. The maximum atomic E-state index is 13.2. The summed E-state index contributed by atoms with van der Waals surface area (Å²) in [6.45, 7) is 3.13. The van der Waals surface area contributed by atoms with Gasteiger partial charge in [0.25, 0.3) is 0 Å². The molecule has 0 aliphatic heterocycles. The minimum atomic E-state index is -0.763. The maximum absolute atomic E-state index is 13.2. The molecule has 1 nitrogen and oxygen atoms in total. The first-order valence-electron chi connectivity index (χ1n) is 6.88. The van der Waals surface area contributed by atoms with Crippen LogP contribution >= 0.6 is 0 Å². The average Bonchev–Trinajstić information content (AvgIpc) is 2.28. The highest BCUT2D eigenvalue weighted by atomic mass is 19.2. The van der Waals surface area contributed by atoms with E-state index >= 15 is 0 Å². The molecular weight excluding hydrogens is 232 g/mol. The summed E-state index contributed by atoms with van der Waals surface area (Å²) in [6, 6.07) is 4.65. The summed E-state index contributed by atoms with van der Waals surface area (Å²) in [6.07, 6.45) is 5.70. The molecule has 1 fully saturated rings. The first-order chi connectivity index (χ1) is 8.70. The Morgan fingerprint density at radius 3 is 2.61 bits per heavy atom. The van der Waals surface area contributed by atoms with Crippen LogP contribution in [-0.2, 0) is 6.42 Å². The van der Waals surface area contributed by atoms with Gasteiger partial charge in [0.05, 0.1) is 0 Å². The summed E-state index contributed by atoms with van der Waals surface area (Å²) in [5, 5.41) is 3.54. The van der Waals surface area contributed by atoms with Crippen molar-refractivity contribution in [3.05, 3.63) is 35.4 Å². The van der Waals surface area contributed by atoms with Crippen molar-refractivity contribution in [1.29, 1.82) is 0 Å². The summed E-state index contributed by atoms with van der Waals surface area (Å²) in [7, 11) is 0. The van der Waals surface area contributed by atoms with Crippen molar-refractivity contribution in [3.63, 3.8) is 0 Å². The van der Waals surface area contributed by atoms with E-state index in [4.69, 9.17) is 0 Å². The third-order valence-corrected chi connectivity index (χ3v) is 3.82. The Bertz CT molecular complexity index is 388. The van der Waals surface area contributed by atoms with E-state index in [0.717, 1.165) is 24.9 Å². The lowest BCUT2D eigenvalue weighted by molar-refractivity contribution is 0.227. The van der Waals surface area contributed by atoms with Crippen LogP contribution in [0.25, 0.3) is 0 Å². The third-order valence-electron chi connectivity index (χ3n) is 3.82. The molecule has 1 aromatic carbocycles. The van der Waals surface area contributed by atoms with Gasteiger partial charge in [-0.15, -0.1) is 0 Å². The van der Waals surface area contributed by atoms with E-state index in [-0.39, 0.29) is 0 Å². The van der Waals surface area contributed by atoms with Gasteiger partial charge in [-0.25, -0.2) is 8.78 Å². The second-order valence-electron chi connectivity index (χ2n) is 5.20. The van der Waals surface area contributed by atoms with Crippen LogP contribution in [0.15, 0.2) is 18.2 Å². The van der Waals surface area contributed by atoms with Crippen LogP contribution in [0.5, 0.6) is 0 Å². The van der Waals surface area contributed by atoms with E-state index < -0.39 is 11.6 Å². The van der Waals surface area contributed by atoms with Crippen LogP contribution in [0.1, 0.15) is 38.2 Å². The number of nitrogens with one attached hydrogen (secondary N) is 1. The van der Waals surface area contributed by atoms with Crippen LogP contribution < -0.4 is 5.32 Å². The molecule has 1 aliphatic rings. The zero-order chi connectivity index (χ0) is 13.0. The maximum Gasteiger partial charge on any atom is 0.159 e. The van der Waals surface area contributed by atoms with Gasteiger partial charge in [-0.2, -0.15) is 0 Å². The van der Waals surface area contributed by atoms with Crippen molar-refractivity contribution in [2.45, 2.75) is 45.1 Å². The molecule has 1 N–H and O–H groups in total. The molecule has 1 atom stereocenters. The molecule has 1 unspecified atom stereocenters. The van der Waals surface area contributed by atoms with E-state index in [1.165, 1.54) is 31.4 Å². The summed E-state index contributed by atoms with van der Waals surface area (Å²) in [5.41, 5.74) is 0.884. The van der Waals surface area contributed by atoms with Crippen LogP contribution in [0, 0.1) is 17.6 Å². The number of hydrogen-bond acceptors (Lipinski definition) is 1. The molecule has 0 heterocycles. The lowest BCUT2D eigenvalue weighted by Crippen LogP contribution is -2.41. The standard InChI is InChI=1S/C15H21F2N/c1-2-8-18-15(12-4-3-5-12)10-11-6-7-13(16)14(17)9-11/h6-7,9,12,15,18H,2-5,8,10H2,1H3. The Kier molecular flexibility index (Phi) is 4.70. The number of hydrogen-bond donors (Lipinski definition) is 1. The van der Waals surface area contributed by atoms with Crippen LogP contribution in [-0.4, -0.2) is 12.6 Å². The minimum Gasteiger partial charge on any atom is -0.313 e. The highest BCUT2D eigenvalue weighted by Crippen LogP contribution is 2.31. The molecule has 0 aromatic heterocycles. The van der Waals surface area contributed by atoms with Crippen LogP contribution in [0.4, 0.5) is 8.78 Å². The fourth-order valence-electron chi connectivity index (χ4n) is 2.50. The quantitative estimate of drug-likeness (QED) is 0.815. The summed E-state index contributed by atoms with van der Waals surface area (Å²) in [4.78, 5) is 0. The van der Waals surface area contributed by atoms with Gasteiger partial charge in [-0.3, -0.25) is 0 Å². The SMILES string of the molecule is CCCNC(Cc1ccc(F)c(F)c1)C1CCC1. The van der Waals surface area contributed by atoms with E-state index in [1.54, 1.807) is 6.07 Å². The van der Waals surface area contributed by atoms with E-state index in [2.05, 4.69) is 12.2 Å². The zero-order valence-corrected chi connectivity index (χ0v) is 10.9. The van der Waals surface area contributed by atoms with Gasteiger partial charge in [-0.05, 0) is 55.8 Å². The molecule has 0 radical (unpaired) electrons. The fraction of sp³-hybridized carbons (Fsp3) is 0.600. The van der Waals surface area contributed by atoms with E-state index in [0.29, 0.717) is 12.0 Å². The Labute approximate surface area is 108 Å². The molecule has 18 heavy (non-hydrogen) atoms. The summed E-state index contributed by atoms with van der Waals surface area (Å²) in [5.74, 6) is -0.805. The first kappa shape index (κ1) is 13.5. The zero-order valence-electron chi connectivity index (χ0n) is 10.9. The van der Waals surface area contributed by atoms with Crippen molar-refractivity contribution in [2.75, 3.05) is 6.54 Å².